The third-order valence-corrected chi connectivity index (χ3v) is 6.05. The van der Waals surface area contributed by atoms with Crippen LogP contribution in [-0.4, -0.2) is 23.9 Å². The van der Waals surface area contributed by atoms with Gasteiger partial charge < -0.3 is 4.57 Å². The number of amides is 1. The molecule has 0 aliphatic rings. The predicted octanol–water partition coefficient (Wildman–Crippen LogP) is 4.07. The van der Waals surface area contributed by atoms with Gasteiger partial charge in [0.25, 0.3) is 15.9 Å². The molecule has 3 rings (SSSR count). The van der Waals surface area contributed by atoms with Crippen LogP contribution in [0.3, 0.4) is 0 Å². The number of carbonyl (C=O) groups is 1. The van der Waals surface area contributed by atoms with E-state index in [4.69, 9.17) is 0 Å². The molecule has 1 amide bonds. The topological polar surface area (TPSA) is 81.1 Å². The number of aryl methyl sites for hydroxylation is 2. The fourth-order valence-corrected chi connectivity index (χ4v) is 4.63. The van der Waals surface area contributed by atoms with E-state index >= 15 is 0 Å². The highest BCUT2D eigenvalue weighted by molar-refractivity contribution is 7.90. The van der Waals surface area contributed by atoms with Crippen LogP contribution in [0.4, 0.5) is 22.0 Å². The Labute approximate surface area is 179 Å². The number of halogens is 5. The van der Waals surface area contributed by atoms with Gasteiger partial charge in [0, 0.05) is 13.2 Å². The first-order valence-electron chi connectivity index (χ1n) is 9.10. The largest absolute Gasteiger partial charge is 0.417 e. The van der Waals surface area contributed by atoms with Crippen molar-refractivity contribution in [3.05, 3.63) is 71.1 Å². The van der Waals surface area contributed by atoms with Crippen LogP contribution in [0, 0.1) is 11.6 Å². The van der Waals surface area contributed by atoms with Gasteiger partial charge in [0.15, 0.2) is 0 Å². The number of alkyl halides is 3. The van der Waals surface area contributed by atoms with E-state index in [0.717, 1.165) is 35.0 Å². The van der Waals surface area contributed by atoms with E-state index < -0.39 is 55.5 Å². The number of imidazole rings is 1. The fraction of sp³-hybridized carbons (Fsp3) is 0.200. The average Bonchev–Trinajstić information content (AvgIpc) is 3.08. The Morgan fingerprint density at radius 3 is 2.25 bits per heavy atom. The summed E-state index contributed by atoms with van der Waals surface area (Å²) in [5, 5.41) is 0. The number of aromatic nitrogens is 2. The molecular formula is C20H16F5N3O3S. The minimum atomic E-state index is -4.99. The molecule has 0 unspecified atom stereocenters. The first kappa shape index (κ1) is 23.4. The van der Waals surface area contributed by atoms with E-state index in [-0.39, 0.29) is 17.8 Å². The highest BCUT2D eigenvalue weighted by Crippen LogP contribution is 2.36. The van der Waals surface area contributed by atoms with Crippen molar-refractivity contribution >= 4 is 15.9 Å². The zero-order chi connectivity index (χ0) is 23.8. The van der Waals surface area contributed by atoms with Gasteiger partial charge in [-0.25, -0.2) is 26.9 Å². The lowest BCUT2D eigenvalue weighted by atomic mass is 10.1. The number of hydrogen-bond donors (Lipinski definition) is 1. The summed E-state index contributed by atoms with van der Waals surface area (Å²) in [6.45, 7) is 1.46. The molecule has 0 aliphatic heterocycles. The van der Waals surface area contributed by atoms with Crippen LogP contribution in [0.1, 0.15) is 28.5 Å². The molecule has 0 saturated carbocycles. The maximum atomic E-state index is 14.1. The lowest BCUT2D eigenvalue weighted by Crippen LogP contribution is -2.33. The minimum absolute atomic E-state index is 0.0470. The molecule has 2 aromatic carbocycles. The quantitative estimate of drug-likeness (QED) is 0.567. The highest BCUT2D eigenvalue weighted by atomic mass is 32.2. The summed E-state index contributed by atoms with van der Waals surface area (Å²) in [5.74, 6) is -3.61. The van der Waals surface area contributed by atoms with Crippen LogP contribution in [0.2, 0.25) is 0 Å². The van der Waals surface area contributed by atoms with Gasteiger partial charge in [0.1, 0.15) is 28.0 Å². The maximum absolute atomic E-state index is 14.1. The van der Waals surface area contributed by atoms with Crippen LogP contribution in [-0.2, 0) is 29.7 Å². The molecule has 0 saturated heterocycles. The van der Waals surface area contributed by atoms with E-state index in [1.807, 2.05) is 0 Å². The van der Waals surface area contributed by atoms with Gasteiger partial charge in [-0.3, -0.25) is 4.79 Å². The van der Waals surface area contributed by atoms with Crippen molar-refractivity contribution in [2.45, 2.75) is 24.4 Å². The average molecular weight is 473 g/mol. The molecule has 3 aromatic rings. The summed E-state index contributed by atoms with van der Waals surface area (Å²) in [5.41, 5.74) is -2.67. The molecule has 1 aromatic heterocycles. The lowest BCUT2D eigenvalue weighted by Gasteiger charge is -2.16. The zero-order valence-corrected chi connectivity index (χ0v) is 17.5. The molecule has 0 aliphatic carbocycles. The number of nitrogens with one attached hydrogen (secondary N) is 1. The first-order chi connectivity index (χ1) is 14.9. The van der Waals surface area contributed by atoms with E-state index in [9.17, 15) is 35.2 Å². The zero-order valence-electron chi connectivity index (χ0n) is 16.7. The van der Waals surface area contributed by atoms with Crippen LogP contribution >= 0.6 is 0 Å². The fourth-order valence-electron chi connectivity index (χ4n) is 3.15. The summed E-state index contributed by atoms with van der Waals surface area (Å²) in [6, 6.07) is 5.93. The van der Waals surface area contributed by atoms with E-state index in [0.29, 0.717) is 6.07 Å². The monoisotopic (exact) mass is 473 g/mol. The summed E-state index contributed by atoms with van der Waals surface area (Å²) < 4.78 is 96.5. The van der Waals surface area contributed by atoms with Gasteiger partial charge in [0.05, 0.1) is 11.1 Å². The number of benzene rings is 2. The van der Waals surface area contributed by atoms with E-state index in [1.165, 1.54) is 20.0 Å². The first-order valence-corrected chi connectivity index (χ1v) is 10.6. The minimum Gasteiger partial charge on any atom is -0.333 e. The van der Waals surface area contributed by atoms with Crippen LogP contribution in [0.25, 0.3) is 11.4 Å². The number of carbonyl (C=O) groups excluding carboxylic acids is 1. The van der Waals surface area contributed by atoms with Gasteiger partial charge in [-0.05, 0) is 30.2 Å². The second-order valence-corrected chi connectivity index (χ2v) is 8.36. The second-order valence-electron chi connectivity index (χ2n) is 6.74. The standard InChI is InChI=1S/C20H16F5N3O3S/c1-3-11-6-4-7-12(20(23,24)25)17(11)32(30,31)27-19(29)15-10-28(2)18(26-15)16-13(21)8-5-9-14(16)22/h4-10H,3H2,1-2H3,(H,27,29). The van der Waals surface area contributed by atoms with Crippen molar-refractivity contribution in [1.82, 2.24) is 14.3 Å². The number of sulfonamides is 1. The predicted molar refractivity (Wildman–Crippen MR) is 104 cm³/mol. The number of rotatable bonds is 5. The smallest absolute Gasteiger partial charge is 0.333 e. The van der Waals surface area contributed by atoms with Gasteiger partial charge in [0.2, 0.25) is 0 Å². The molecular weight excluding hydrogens is 457 g/mol. The van der Waals surface area contributed by atoms with Crippen molar-refractivity contribution in [1.29, 1.82) is 0 Å². The molecule has 0 spiro atoms. The van der Waals surface area contributed by atoms with E-state index in [2.05, 4.69) is 4.98 Å². The maximum Gasteiger partial charge on any atom is 0.417 e. The molecule has 170 valence electrons. The second kappa shape index (κ2) is 8.34. The summed E-state index contributed by atoms with van der Waals surface area (Å²) in [4.78, 5) is 15.2. The molecule has 0 bridgehead atoms. The summed E-state index contributed by atoms with van der Waals surface area (Å²) in [6.07, 6.45) is -4.03. The molecule has 12 heteroatoms. The molecule has 6 nitrogen and oxygen atoms in total. The molecule has 0 fully saturated rings. The SMILES string of the molecule is CCc1cccc(C(F)(F)F)c1S(=O)(=O)NC(=O)c1cn(C)c(-c2c(F)cccc2F)n1. The molecule has 32 heavy (non-hydrogen) atoms. The number of hydrogen-bond acceptors (Lipinski definition) is 4. The molecule has 0 radical (unpaired) electrons. The molecule has 1 heterocycles. The number of nitrogens with zero attached hydrogens (tertiary/aromatic N) is 2. The van der Waals surface area contributed by atoms with Crippen molar-refractivity contribution in [3.63, 3.8) is 0 Å². The Morgan fingerprint density at radius 2 is 1.69 bits per heavy atom. The Bertz CT molecular complexity index is 1280. The van der Waals surface area contributed by atoms with Crippen LogP contribution < -0.4 is 4.72 Å². The van der Waals surface area contributed by atoms with Crippen LogP contribution in [0.5, 0.6) is 0 Å². The van der Waals surface area contributed by atoms with Crippen molar-refractivity contribution in [2.24, 2.45) is 7.05 Å². The third kappa shape index (κ3) is 4.35. The highest BCUT2D eigenvalue weighted by Gasteiger charge is 2.39. The van der Waals surface area contributed by atoms with E-state index in [1.54, 1.807) is 4.72 Å². The van der Waals surface area contributed by atoms with Gasteiger partial charge in [-0.2, -0.15) is 13.2 Å². The Hall–Kier alpha value is -3.28. The van der Waals surface area contributed by atoms with Gasteiger partial charge in [-0.1, -0.05) is 25.1 Å². The normalized spacial score (nSPS) is 12.1. The van der Waals surface area contributed by atoms with Crippen molar-refractivity contribution < 1.29 is 35.2 Å². The Balaban J connectivity index is 2.02. The molecule has 0 atom stereocenters. The summed E-state index contributed by atoms with van der Waals surface area (Å²) in [7, 11) is -3.65. The Morgan fingerprint density at radius 1 is 1.09 bits per heavy atom. The summed E-state index contributed by atoms with van der Waals surface area (Å²) >= 11 is 0. The van der Waals surface area contributed by atoms with Gasteiger partial charge >= 0.3 is 6.18 Å². The lowest BCUT2D eigenvalue weighted by molar-refractivity contribution is -0.140. The molecule has 1 N–H and O–H groups in total. The Kier molecular flexibility index (Phi) is 6.09. The third-order valence-electron chi connectivity index (χ3n) is 4.57. The van der Waals surface area contributed by atoms with Crippen molar-refractivity contribution in [2.75, 3.05) is 0 Å². The van der Waals surface area contributed by atoms with Crippen LogP contribution in [0.15, 0.2) is 47.5 Å². The van der Waals surface area contributed by atoms with Gasteiger partial charge in [-0.15, -0.1) is 0 Å². The van der Waals surface area contributed by atoms with Crippen molar-refractivity contribution in [3.8, 4) is 11.4 Å².